The van der Waals surface area contributed by atoms with Crippen molar-refractivity contribution in [2.75, 3.05) is 0 Å². The van der Waals surface area contributed by atoms with Gasteiger partial charge in [0.15, 0.2) is 0 Å². The van der Waals surface area contributed by atoms with Gasteiger partial charge in [0.2, 0.25) is 0 Å². The van der Waals surface area contributed by atoms with Gasteiger partial charge in [-0.05, 0) is 18.5 Å². The Bertz CT molecular complexity index is 116. The molecule has 0 aliphatic carbocycles. The SMILES string of the molecule is O.O=C([O-])[O-].O=C([O-])[O-].O=C([O-])[O-].[Sc+3].[Sc+3]. The Kier molecular flexibility index (Phi) is 71.2. The van der Waals surface area contributed by atoms with Crippen molar-refractivity contribution < 1.29 is 102 Å². The van der Waals surface area contributed by atoms with Gasteiger partial charge in [0.25, 0.3) is 0 Å². The quantitative estimate of drug-likeness (QED) is 0.411. The second-order valence-corrected chi connectivity index (χ2v) is 0.750. The topological polar surface area (TPSA) is 221 Å². The third-order valence-electron chi connectivity index (χ3n) is 0. The fourth-order valence-corrected chi connectivity index (χ4v) is 0. The molecule has 0 bridgehead atoms. The number of carboxylic acid groups (broad SMARTS) is 6. The maximum atomic E-state index is 8.33. The van der Waals surface area contributed by atoms with Gasteiger partial charge in [0, 0.05) is 0 Å². The predicted molar refractivity (Wildman–Crippen MR) is 19.8 cm³/mol. The molecule has 12 heteroatoms. The van der Waals surface area contributed by atoms with Crippen LogP contribution in [0.4, 0.5) is 14.4 Å². The second-order valence-electron chi connectivity index (χ2n) is 0.750. The largest absolute Gasteiger partial charge is 3.00 e. The van der Waals surface area contributed by atoms with Crippen LogP contribution in [0.3, 0.4) is 0 Å². The van der Waals surface area contributed by atoms with E-state index in [0.29, 0.717) is 0 Å². The van der Waals surface area contributed by atoms with Crippen molar-refractivity contribution in [3.05, 3.63) is 0 Å². The van der Waals surface area contributed by atoms with Crippen molar-refractivity contribution in [2.24, 2.45) is 0 Å². The fourth-order valence-electron chi connectivity index (χ4n) is 0. The molecule has 0 atom stereocenters. The summed E-state index contributed by atoms with van der Waals surface area (Å²) in [6.45, 7) is 0. The molecule has 0 aliphatic rings. The van der Waals surface area contributed by atoms with Crippen LogP contribution in [0, 0.1) is 0 Å². The molecule has 10 nitrogen and oxygen atoms in total. The maximum Gasteiger partial charge on any atom is 3.00 e. The van der Waals surface area contributed by atoms with Gasteiger partial charge >= 0.3 is 51.7 Å². The van der Waals surface area contributed by atoms with Crippen LogP contribution in [0.25, 0.3) is 0 Å². The fraction of sp³-hybridized carbons (Fsp3) is 0. The van der Waals surface area contributed by atoms with E-state index in [1.807, 2.05) is 0 Å². The van der Waals surface area contributed by atoms with Gasteiger partial charge in [-0.3, -0.25) is 0 Å². The van der Waals surface area contributed by atoms with Gasteiger partial charge in [-0.1, -0.05) is 0 Å². The van der Waals surface area contributed by atoms with Crippen molar-refractivity contribution >= 4 is 18.5 Å². The number of carbonyl (C=O) groups is 3. The van der Waals surface area contributed by atoms with Crippen LogP contribution < -0.4 is 30.6 Å². The standard InChI is InChI=1S/3CH2O3.H2O.2Sc/c3*2-1(3)4;;;/h3*(H2,2,3,4);1H2;;/q;;;;2*+3/p-6. The summed E-state index contributed by atoms with van der Waals surface area (Å²) in [5.74, 6) is 0. The molecule has 0 aromatic carbocycles. The van der Waals surface area contributed by atoms with E-state index in [4.69, 9.17) is 45.0 Å². The normalized spacial score (nSPS) is 4.80. The molecule has 0 heterocycles. The van der Waals surface area contributed by atoms with Crippen molar-refractivity contribution in [1.29, 1.82) is 0 Å². The molecule has 0 aromatic rings. The summed E-state index contributed by atoms with van der Waals surface area (Å²) in [5.41, 5.74) is 0. The monoisotopic (exact) mass is 288 g/mol. The summed E-state index contributed by atoms with van der Waals surface area (Å²) in [5, 5.41) is 50.0. The zero-order valence-corrected chi connectivity index (χ0v) is 10.4. The van der Waals surface area contributed by atoms with Gasteiger partial charge in [0.05, 0.1) is 0 Å². The van der Waals surface area contributed by atoms with Crippen LogP contribution in [0.1, 0.15) is 0 Å². The Hall–Kier alpha value is -0.490. The molecule has 0 aromatic heterocycles. The van der Waals surface area contributed by atoms with E-state index in [0.717, 1.165) is 0 Å². The van der Waals surface area contributed by atoms with E-state index < -0.39 is 18.5 Å². The second kappa shape index (κ2) is 29.2. The molecule has 0 unspecified atom stereocenters. The van der Waals surface area contributed by atoms with Gasteiger partial charge in [-0.2, -0.15) is 0 Å². The Morgan fingerprint density at radius 3 is 0.533 bits per heavy atom. The average molecular weight is 288 g/mol. The summed E-state index contributed by atoms with van der Waals surface area (Å²) in [6.07, 6.45) is -7.00. The van der Waals surface area contributed by atoms with Gasteiger partial charge in [-0.25, -0.2) is 0 Å². The number of rotatable bonds is 0. The van der Waals surface area contributed by atoms with Crippen LogP contribution in [0.5, 0.6) is 0 Å². The van der Waals surface area contributed by atoms with Gasteiger partial charge in [-0.15, -0.1) is 0 Å². The molecule has 2 N–H and O–H groups in total. The van der Waals surface area contributed by atoms with Crippen molar-refractivity contribution in [3.8, 4) is 0 Å². The maximum absolute atomic E-state index is 8.33. The summed E-state index contributed by atoms with van der Waals surface area (Å²) in [4.78, 5) is 25.0. The molecule has 0 fully saturated rings. The molecular formula is C3H2O10Sc2. The van der Waals surface area contributed by atoms with E-state index in [-0.39, 0.29) is 57.2 Å². The zero-order chi connectivity index (χ0) is 10.7. The third-order valence-corrected chi connectivity index (χ3v) is 0. The molecular weight excluding hydrogens is 286 g/mol. The van der Waals surface area contributed by atoms with Crippen LogP contribution in [-0.4, -0.2) is 23.9 Å². The Labute approximate surface area is 120 Å². The number of carbonyl (C=O) groups excluding carboxylic acids is 3. The third kappa shape index (κ3) is 7460. The first-order chi connectivity index (χ1) is 5.20. The molecule has 0 saturated carbocycles. The van der Waals surface area contributed by atoms with Crippen LogP contribution in [0.2, 0.25) is 0 Å². The van der Waals surface area contributed by atoms with E-state index in [2.05, 4.69) is 0 Å². The van der Waals surface area contributed by atoms with Gasteiger partial charge < -0.3 is 50.5 Å². The molecule has 0 radical (unpaired) electrons. The first-order valence-corrected chi connectivity index (χ1v) is 1.84. The molecule has 0 spiro atoms. The molecule has 0 aliphatic heterocycles. The van der Waals surface area contributed by atoms with Crippen molar-refractivity contribution in [2.45, 2.75) is 0 Å². The number of hydrogen-bond donors (Lipinski definition) is 0. The summed E-state index contributed by atoms with van der Waals surface area (Å²) < 4.78 is 0. The first kappa shape index (κ1) is 36.6. The summed E-state index contributed by atoms with van der Waals surface area (Å²) >= 11 is 0. The Balaban J connectivity index is -0.0000000184. The molecule has 80 valence electrons. The van der Waals surface area contributed by atoms with Crippen molar-refractivity contribution in [3.63, 3.8) is 0 Å². The van der Waals surface area contributed by atoms with E-state index in [9.17, 15) is 0 Å². The van der Waals surface area contributed by atoms with E-state index in [1.54, 1.807) is 0 Å². The average Bonchev–Trinajstić information content (AvgIpc) is 1.54. The molecule has 15 heavy (non-hydrogen) atoms. The molecule has 0 amide bonds. The zero-order valence-electron chi connectivity index (χ0n) is 6.83. The minimum atomic E-state index is -2.33. The van der Waals surface area contributed by atoms with E-state index >= 15 is 0 Å². The van der Waals surface area contributed by atoms with E-state index in [1.165, 1.54) is 0 Å². The summed E-state index contributed by atoms with van der Waals surface area (Å²) in [7, 11) is 0. The first-order valence-electron chi connectivity index (χ1n) is 1.84. The van der Waals surface area contributed by atoms with Gasteiger partial charge in [0.1, 0.15) is 0 Å². The van der Waals surface area contributed by atoms with Crippen LogP contribution in [-0.2, 0) is 51.7 Å². The molecule has 0 saturated heterocycles. The minimum Gasteiger partial charge on any atom is -0.652 e. The smallest absolute Gasteiger partial charge is 0.652 e. The minimum absolute atomic E-state index is 0. The van der Waals surface area contributed by atoms with Crippen LogP contribution in [0.15, 0.2) is 0 Å². The Morgan fingerprint density at radius 2 is 0.533 bits per heavy atom. The predicted octanol–water partition coefficient (Wildman–Crippen LogP) is -8.17. The van der Waals surface area contributed by atoms with Crippen molar-refractivity contribution in [1.82, 2.24) is 0 Å². The Morgan fingerprint density at radius 1 is 0.533 bits per heavy atom. The number of hydrogen-bond acceptors (Lipinski definition) is 9. The molecule has 0 rings (SSSR count). The summed E-state index contributed by atoms with van der Waals surface area (Å²) in [6, 6.07) is 0. The van der Waals surface area contributed by atoms with Crippen LogP contribution >= 0.6 is 0 Å².